The number of rotatable bonds is 5. The number of carbonyl (C=O) groups is 1. The van der Waals surface area contributed by atoms with E-state index in [9.17, 15) is 4.79 Å². The molecule has 0 saturated carbocycles. The van der Waals surface area contributed by atoms with E-state index in [0.717, 1.165) is 11.5 Å². The average molecular weight is 410 g/mol. The van der Waals surface area contributed by atoms with Crippen LogP contribution < -0.4 is 10.6 Å². The third kappa shape index (κ3) is 6.32. The van der Waals surface area contributed by atoms with Gasteiger partial charge in [-0.2, -0.15) is 0 Å². The highest BCUT2D eigenvalue weighted by atomic mass is 127. The number of nitrogens with one attached hydrogen (secondary N) is 2. The Balaban J connectivity index is 0.00000400. The van der Waals surface area contributed by atoms with Crippen molar-refractivity contribution in [2.24, 2.45) is 10.9 Å². The molecule has 0 aromatic carbocycles. The molecule has 1 heterocycles. The Hall–Kier alpha value is -1.32. The first kappa shape index (κ1) is 19.7. The Morgan fingerprint density at radius 3 is 2.57 bits per heavy atom. The predicted octanol–water partition coefficient (Wildman–Crippen LogP) is 1.38. The van der Waals surface area contributed by atoms with Gasteiger partial charge in [-0.3, -0.25) is 9.79 Å². The summed E-state index contributed by atoms with van der Waals surface area (Å²) in [6.45, 7) is 6.42. The number of halogens is 1. The Labute approximate surface area is 142 Å². The smallest absolute Gasteiger partial charge is 0.310 e. The van der Waals surface area contributed by atoms with Gasteiger partial charge < -0.3 is 19.8 Å². The van der Waals surface area contributed by atoms with E-state index >= 15 is 0 Å². The van der Waals surface area contributed by atoms with E-state index in [1.807, 2.05) is 13.8 Å². The lowest BCUT2D eigenvalue weighted by Gasteiger charge is -2.13. The van der Waals surface area contributed by atoms with Crippen molar-refractivity contribution in [2.45, 2.75) is 27.3 Å². The third-order valence-electron chi connectivity index (χ3n) is 2.88. The molecule has 120 valence electrons. The number of hydrogen-bond donors (Lipinski definition) is 2. The van der Waals surface area contributed by atoms with Gasteiger partial charge in [0.2, 0.25) is 5.89 Å². The van der Waals surface area contributed by atoms with E-state index in [4.69, 9.17) is 4.42 Å². The van der Waals surface area contributed by atoms with Crippen LogP contribution in [0.5, 0.6) is 0 Å². The topological polar surface area (TPSA) is 88.8 Å². The lowest BCUT2D eigenvalue weighted by molar-refractivity contribution is -0.144. The number of esters is 1. The number of carbonyl (C=O) groups excluding carboxylic acids is 1. The normalized spacial score (nSPS) is 12.3. The first-order valence-electron chi connectivity index (χ1n) is 6.43. The molecule has 0 saturated heterocycles. The number of hydrogen-bond acceptors (Lipinski definition) is 5. The van der Waals surface area contributed by atoms with Gasteiger partial charge in [0.05, 0.1) is 25.3 Å². The zero-order valence-corrected chi connectivity index (χ0v) is 15.3. The molecule has 0 radical (unpaired) electrons. The molecule has 0 amide bonds. The van der Waals surface area contributed by atoms with Crippen LogP contribution in [0.15, 0.2) is 9.41 Å². The van der Waals surface area contributed by atoms with Crippen LogP contribution >= 0.6 is 24.0 Å². The molecule has 21 heavy (non-hydrogen) atoms. The van der Waals surface area contributed by atoms with E-state index in [1.165, 1.54) is 7.11 Å². The first-order valence-corrected chi connectivity index (χ1v) is 6.43. The first-order chi connectivity index (χ1) is 9.47. The highest BCUT2D eigenvalue weighted by Crippen LogP contribution is 2.07. The van der Waals surface area contributed by atoms with Crippen molar-refractivity contribution in [3.05, 3.63) is 17.3 Å². The van der Waals surface area contributed by atoms with Gasteiger partial charge in [0.15, 0.2) is 5.96 Å². The Morgan fingerprint density at radius 2 is 2.10 bits per heavy atom. The highest BCUT2D eigenvalue weighted by molar-refractivity contribution is 14.0. The summed E-state index contributed by atoms with van der Waals surface area (Å²) in [6, 6.07) is 0. The second-order valence-electron chi connectivity index (χ2n) is 4.48. The Bertz CT molecular complexity index is 468. The Kier molecular flexibility index (Phi) is 8.98. The number of oxazole rings is 1. The third-order valence-corrected chi connectivity index (χ3v) is 2.88. The number of aryl methyl sites for hydroxylation is 2. The maximum absolute atomic E-state index is 11.3. The molecule has 0 bridgehead atoms. The summed E-state index contributed by atoms with van der Waals surface area (Å²) in [6.07, 6.45) is 0. The van der Waals surface area contributed by atoms with Gasteiger partial charge in [-0.05, 0) is 13.8 Å². The molecular weight excluding hydrogens is 387 g/mol. The number of ether oxygens (including phenoxy) is 1. The van der Waals surface area contributed by atoms with E-state index in [1.54, 1.807) is 14.0 Å². The van der Waals surface area contributed by atoms with Crippen LogP contribution in [0.3, 0.4) is 0 Å². The van der Waals surface area contributed by atoms with Crippen LogP contribution in [-0.2, 0) is 16.1 Å². The zero-order valence-electron chi connectivity index (χ0n) is 13.0. The van der Waals surface area contributed by atoms with Gasteiger partial charge in [0, 0.05) is 13.6 Å². The largest absolute Gasteiger partial charge is 0.469 e. The molecule has 0 aliphatic heterocycles. The molecule has 0 spiro atoms. The van der Waals surface area contributed by atoms with Crippen molar-refractivity contribution in [3.8, 4) is 0 Å². The molecule has 1 unspecified atom stereocenters. The van der Waals surface area contributed by atoms with E-state index in [2.05, 4.69) is 25.3 Å². The summed E-state index contributed by atoms with van der Waals surface area (Å²) >= 11 is 0. The fraction of sp³-hybridized carbons (Fsp3) is 0.615. The van der Waals surface area contributed by atoms with Crippen LogP contribution in [0.1, 0.15) is 24.3 Å². The molecule has 1 aromatic rings. The van der Waals surface area contributed by atoms with Crippen molar-refractivity contribution in [1.29, 1.82) is 0 Å². The maximum Gasteiger partial charge on any atom is 0.310 e. The monoisotopic (exact) mass is 410 g/mol. The van der Waals surface area contributed by atoms with Crippen molar-refractivity contribution in [1.82, 2.24) is 15.6 Å². The molecule has 1 rings (SSSR count). The summed E-state index contributed by atoms with van der Waals surface area (Å²) in [5.41, 5.74) is 0.879. The van der Waals surface area contributed by atoms with Crippen molar-refractivity contribution >= 4 is 35.9 Å². The number of nitrogens with zero attached hydrogens (tertiary/aromatic N) is 2. The minimum atomic E-state index is -0.257. The second kappa shape index (κ2) is 9.59. The quantitative estimate of drug-likeness (QED) is 0.330. The van der Waals surface area contributed by atoms with Gasteiger partial charge in [0.25, 0.3) is 0 Å². The van der Waals surface area contributed by atoms with E-state index < -0.39 is 0 Å². The van der Waals surface area contributed by atoms with Crippen LogP contribution in [0.2, 0.25) is 0 Å². The molecule has 1 aromatic heterocycles. The molecule has 8 heteroatoms. The molecule has 2 N–H and O–H groups in total. The fourth-order valence-electron chi connectivity index (χ4n) is 1.53. The number of methoxy groups -OCH3 is 1. The second-order valence-corrected chi connectivity index (χ2v) is 4.48. The molecule has 0 aliphatic rings. The van der Waals surface area contributed by atoms with Crippen LogP contribution in [0, 0.1) is 19.8 Å². The standard InChI is InChI=1S/C13H22N4O3.HI/c1-8(12(18)19-5)6-15-13(14-4)16-7-11-17-9(2)10(3)20-11;/h8H,6-7H2,1-5H3,(H2,14,15,16);1H. The zero-order chi connectivity index (χ0) is 15.1. The van der Waals surface area contributed by atoms with Crippen molar-refractivity contribution < 1.29 is 13.9 Å². The SMILES string of the molecule is CN=C(NCc1nc(C)c(C)o1)NCC(C)C(=O)OC.I. The van der Waals surface area contributed by atoms with Crippen LogP contribution in [0.4, 0.5) is 0 Å². The number of aliphatic imine (C=N–C) groups is 1. The molecule has 0 aliphatic carbocycles. The average Bonchev–Trinajstić information content (AvgIpc) is 2.76. The van der Waals surface area contributed by atoms with Gasteiger partial charge in [0.1, 0.15) is 5.76 Å². The van der Waals surface area contributed by atoms with Gasteiger partial charge in [-0.15, -0.1) is 24.0 Å². The lowest BCUT2D eigenvalue weighted by Crippen LogP contribution is -2.40. The molecule has 0 fully saturated rings. The Morgan fingerprint density at radius 1 is 1.43 bits per heavy atom. The van der Waals surface area contributed by atoms with Crippen molar-refractivity contribution in [3.63, 3.8) is 0 Å². The summed E-state index contributed by atoms with van der Waals surface area (Å²) < 4.78 is 10.1. The minimum Gasteiger partial charge on any atom is -0.469 e. The molecular formula is C13H23IN4O3. The summed E-state index contributed by atoms with van der Waals surface area (Å²) in [5, 5.41) is 6.11. The maximum atomic E-state index is 11.3. The molecule has 7 nitrogen and oxygen atoms in total. The summed E-state index contributed by atoms with van der Waals surface area (Å²) in [7, 11) is 3.03. The van der Waals surface area contributed by atoms with Gasteiger partial charge >= 0.3 is 5.97 Å². The summed E-state index contributed by atoms with van der Waals surface area (Å²) in [5.74, 6) is 1.49. The predicted molar refractivity (Wildman–Crippen MR) is 90.8 cm³/mol. The summed E-state index contributed by atoms with van der Waals surface area (Å²) in [4.78, 5) is 19.6. The fourth-order valence-corrected chi connectivity index (χ4v) is 1.53. The lowest BCUT2D eigenvalue weighted by atomic mass is 10.2. The highest BCUT2D eigenvalue weighted by Gasteiger charge is 2.13. The van der Waals surface area contributed by atoms with Crippen molar-refractivity contribution in [2.75, 3.05) is 20.7 Å². The van der Waals surface area contributed by atoms with Gasteiger partial charge in [-0.25, -0.2) is 4.98 Å². The number of guanidine groups is 1. The van der Waals surface area contributed by atoms with Crippen LogP contribution in [-0.4, -0.2) is 37.6 Å². The minimum absolute atomic E-state index is 0. The molecule has 1 atom stereocenters. The number of aromatic nitrogens is 1. The van der Waals surface area contributed by atoms with Crippen LogP contribution in [0.25, 0.3) is 0 Å². The van der Waals surface area contributed by atoms with E-state index in [0.29, 0.717) is 24.9 Å². The van der Waals surface area contributed by atoms with E-state index in [-0.39, 0.29) is 35.9 Å². The van der Waals surface area contributed by atoms with Gasteiger partial charge in [-0.1, -0.05) is 6.92 Å².